The summed E-state index contributed by atoms with van der Waals surface area (Å²) in [6.45, 7) is 5.59. The first-order valence-electron chi connectivity index (χ1n) is 6.00. The van der Waals surface area contributed by atoms with Crippen molar-refractivity contribution in [2.75, 3.05) is 4.43 Å². The Labute approximate surface area is 122 Å². The summed E-state index contributed by atoms with van der Waals surface area (Å²) >= 11 is 2.28. The standard InChI is InChI=1S/C14H20INO2/c1-14(2,3)18-13(17)16-12(10-15)9-11-7-5-4-6-8-11/h4-8,12H,9-10H2,1-3H3,(H,16,17). The maximum atomic E-state index is 11.7. The third kappa shape index (κ3) is 6.23. The summed E-state index contributed by atoms with van der Waals surface area (Å²) < 4.78 is 6.11. The van der Waals surface area contributed by atoms with Crippen LogP contribution >= 0.6 is 22.6 Å². The molecule has 1 aromatic rings. The van der Waals surface area contributed by atoms with Crippen LogP contribution < -0.4 is 5.32 Å². The van der Waals surface area contributed by atoms with Gasteiger partial charge >= 0.3 is 6.09 Å². The van der Waals surface area contributed by atoms with E-state index in [4.69, 9.17) is 4.74 Å². The van der Waals surface area contributed by atoms with Gasteiger partial charge in [0.25, 0.3) is 0 Å². The molecule has 0 aliphatic heterocycles. The Morgan fingerprint density at radius 3 is 2.44 bits per heavy atom. The van der Waals surface area contributed by atoms with E-state index in [0.29, 0.717) is 0 Å². The lowest BCUT2D eigenvalue weighted by molar-refractivity contribution is 0.0510. The van der Waals surface area contributed by atoms with Gasteiger partial charge in [0.15, 0.2) is 0 Å². The summed E-state index contributed by atoms with van der Waals surface area (Å²) in [5, 5.41) is 2.90. The van der Waals surface area contributed by atoms with Crippen molar-refractivity contribution in [2.24, 2.45) is 0 Å². The minimum atomic E-state index is -0.452. The van der Waals surface area contributed by atoms with Crippen molar-refractivity contribution in [1.29, 1.82) is 0 Å². The van der Waals surface area contributed by atoms with Crippen LogP contribution in [0.4, 0.5) is 4.79 Å². The number of carbonyl (C=O) groups excluding carboxylic acids is 1. The van der Waals surface area contributed by atoms with Crippen LogP contribution in [0.25, 0.3) is 0 Å². The highest BCUT2D eigenvalue weighted by Crippen LogP contribution is 2.09. The molecule has 1 atom stereocenters. The van der Waals surface area contributed by atoms with Crippen LogP contribution in [0.15, 0.2) is 30.3 Å². The van der Waals surface area contributed by atoms with E-state index in [-0.39, 0.29) is 12.1 Å². The van der Waals surface area contributed by atoms with Crippen LogP contribution in [0.3, 0.4) is 0 Å². The van der Waals surface area contributed by atoms with Crippen molar-refractivity contribution >= 4 is 28.7 Å². The Hall–Kier alpha value is -0.780. The monoisotopic (exact) mass is 361 g/mol. The number of carbonyl (C=O) groups is 1. The van der Waals surface area contributed by atoms with Gasteiger partial charge < -0.3 is 10.1 Å². The van der Waals surface area contributed by atoms with Gasteiger partial charge in [0.1, 0.15) is 5.60 Å². The summed E-state index contributed by atoms with van der Waals surface area (Å²) in [6, 6.07) is 10.2. The molecular formula is C14H20INO2. The van der Waals surface area contributed by atoms with Crippen molar-refractivity contribution in [3.05, 3.63) is 35.9 Å². The zero-order valence-electron chi connectivity index (χ0n) is 11.1. The third-order valence-electron chi connectivity index (χ3n) is 2.23. The molecule has 0 aromatic heterocycles. The van der Waals surface area contributed by atoms with Crippen molar-refractivity contribution in [3.63, 3.8) is 0 Å². The first-order valence-corrected chi connectivity index (χ1v) is 7.52. The van der Waals surface area contributed by atoms with E-state index in [2.05, 4.69) is 40.0 Å². The highest BCUT2D eigenvalue weighted by atomic mass is 127. The lowest BCUT2D eigenvalue weighted by Crippen LogP contribution is -2.41. The first kappa shape index (κ1) is 15.3. The number of alkyl carbamates (subject to hydrolysis) is 1. The van der Waals surface area contributed by atoms with Crippen LogP contribution in [0.2, 0.25) is 0 Å². The number of rotatable bonds is 4. The number of amides is 1. The molecule has 100 valence electrons. The minimum absolute atomic E-state index is 0.0999. The molecule has 0 saturated heterocycles. The summed E-state index contributed by atoms with van der Waals surface area (Å²) in [5.74, 6) is 0. The number of ether oxygens (including phenoxy) is 1. The number of halogens is 1. The molecule has 0 radical (unpaired) electrons. The summed E-state index contributed by atoms with van der Waals surface area (Å²) in [5.41, 5.74) is 0.766. The fourth-order valence-electron chi connectivity index (χ4n) is 1.52. The van der Waals surface area contributed by atoms with E-state index in [1.807, 2.05) is 39.0 Å². The predicted octanol–water partition coefficient (Wildman–Crippen LogP) is 3.56. The molecule has 1 rings (SSSR count). The van der Waals surface area contributed by atoms with E-state index >= 15 is 0 Å². The van der Waals surface area contributed by atoms with Gasteiger partial charge in [-0.05, 0) is 32.8 Å². The van der Waals surface area contributed by atoms with E-state index in [1.54, 1.807) is 0 Å². The molecule has 1 aromatic carbocycles. The second kappa shape index (κ2) is 6.97. The van der Waals surface area contributed by atoms with Crippen molar-refractivity contribution < 1.29 is 9.53 Å². The molecule has 0 heterocycles. The maximum absolute atomic E-state index is 11.7. The van der Waals surface area contributed by atoms with Crippen molar-refractivity contribution in [3.8, 4) is 0 Å². The van der Waals surface area contributed by atoms with E-state index < -0.39 is 5.60 Å². The summed E-state index contributed by atoms with van der Waals surface area (Å²) in [4.78, 5) is 11.7. The lowest BCUT2D eigenvalue weighted by Gasteiger charge is -2.22. The zero-order chi connectivity index (χ0) is 13.6. The van der Waals surface area contributed by atoms with Crippen molar-refractivity contribution in [1.82, 2.24) is 5.32 Å². The second-order valence-electron chi connectivity index (χ2n) is 5.19. The Morgan fingerprint density at radius 1 is 1.33 bits per heavy atom. The average Bonchev–Trinajstić information content (AvgIpc) is 2.27. The van der Waals surface area contributed by atoms with Crippen LogP contribution in [0.1, 0.15) is 26.3 Å². The molecule has 0 spiro atoms. The lowest BCUT2D eigenvalue weighted by atomic mass is 10.1. The molecule has 0 fully saturated rings. The SMILES string of the molecule is CC(C)(C)OC(=O)NC(CI)Cc1ccccc1. The Kier molecular flexibility index (Phi) is 5.91. The molecule has 1 N–H and O–H groups in total. The van der Waals surface area contributed by atoms with Gasteiger partial charge in [-0.15, -0.1) is 0 Å². The van der Waals surface area contributed by atoms with Gasteiger partial charge in [-0.2, -0.15) is 0 Å². The topological polar surface area (TPSA) is 38.3 Å². The maximum Gasteiger partial charge on any atom is 0.407 e. The molecule has 1 amide bonds. The number of hydrogen-bond acceptors (Lipinski definition) is 2. The normalized spacial score (nSPS) is 12.9. The molecule has 0 bridgehead atoms. The molecule has 18 heavy (non-hydrogen) atoms. The summed E-state index contributed by atoms with van der Waals surface area (Å²) in [6.07, 6.45) is 0.475. The Balaban J connectivity index is 2.50. The number of alkyl halides is 1. The predicted molar refractivity (Wildman–Crippen MR) is 82.2 cm³/mol. The number of nitrogens with one attached hydrogen (secondary N) is 1. The molecule has 1 unspecified atom stereocenters. The van der Waals surface area contributed by atoms with Crippen LogP contribution in [0.5, 0.6) is 0 Å². The smallest absolute Gasteiger partial charge is 0.407 e. The molecule has 3 nitrogen and oxygen atoms in total. The van der Waals surface area contributed by atoms with Gasteiger partial charge in [0.2, 0.25) is 0 Å². The van der Waals surface area contributed by atoms with E-state index in [9.17, 15) is 4.79 Å². The van der Waals surface area contributed by atoms with Crippen LogP contribution in [-0.2, 0) is 11.2 Å². The average molecular weight is 361 g/mol. The number of benzene rings is 1. The summed E-state index contributed by atoms with van der Waals surface area (Å²) in [7, 11) is 0. The van der Waals surface area contributed by atoms with Crippen molar-refractivity contribution in [2.45, 2.75) is 38.8 Å². The molecular weight excluding hydrogens is 341 g/mol. The minimum Gasteiger partial charge on any atom is -0.444 e. The van der Waals surface area contributed by atoms with Crippen LogP contribution in [-0.4, -0.2) is 22.2 Å². The van der Waals surface area contributed by atoms with Gasteiger partial charge in [0, 0.05) is 10.5 Å². The van der Waals surface area contributed by atoms with Crippen LogP contribution in [0, 0.1) is 0 Å². The highest BCUT2D eigenvalue weighted by Gasteiger charge is 2.19. The fraction of sp³-hybridized carbons (Fsp3) is 0.500. The quantitative estimate of drug-likeness (QED) is 0.658. The number of hydrogen-bond donors (Lipinski definition) is 1. The van der Waals surface area contributed by atoms with Gasteiger partial charge in [0.05, 0.1) is 0 Å². The first-order chi connectivity index (χ1) is 8.40. The van der Waals surface area contributed by atoms with Gasteiger partial charge in [-0.25, -0.2) is 4.79 Å². The van der Waals surface area contributed by atoms with Gasteiger partial charge in [-0.1, -0.05) is 52.9 Å². The zero-order valence-corrected chi connectivity index (χ0v) is 13.2. The van der Waals surface area contributed by atoms with Gasteiger partial charge in [-0.3, -0.25) is 0 Å². The highest BCUT2D eigenvalue weighted by molar-refractivity contribution is 14.1. The Morgan fingerprint density at radius 2 is 1.94 bits per heavy atom. The third-order valence-corrected chi connectivity index (χ3v) is 3.30. The Bertz CT molecular complexity index is 373. The largest absolute Gasteiger partial charge is 0.444 e. The van der Waals surface area contributed by atoms with E-state index in [0.717, 1.165) is 10.8 Å². The molecule has 0 aliphatic rings. The molecule has 0 saturated carbocycles. The fourth-order valence-corrected chi connectivity index (χ4v) is 2.05. The second-order valence-corrected chi connectivity index (χ2v) is 6.07. The molecule has 0 aliphatic carbocycles. The molecule has 4 heteroatoms. The van der Waals surface area contributed by atoms with E-state index in [1.165, 1.54) is 5.56 Å².